The van der Waals surface area contributed by atoms with Gasteiger partial charge in [0.05, 0.1) is 5.52 Å². The van der Waals surface area contributed by atoms with Crippen LogP contribution in [0.4, 0.5) is 10.2 Å². The van der Waals surface area contributed by atoms with Crippen molar-refractivity contribution in [2.45, 2.75) is 13.5 Å². The summed E-state index contributed by atoms with van der Waals surface area (Å²) in [5.74, 6) is 3.73. The van der Waals surface area contributed by atoms with E-state index in [-0.39, 0.29) is 11.7 Å². The minimum Gasteiger partial charge on any atom is -0.309 e. The summed E-state index contributed by atoms with van der Waals surface area (Å²) >= 11 is 0. The van der Waals surface area contributed by atoms with Crippen LogP contribution < -0.4 is 5.32 Å². The first kappa shape index (κ1) is 21.5. The Hall–Kier alpha value is -2.75. The molecule has 3 aromatic rings. The van der Waals surface area contributed by atoms with E-state index >= 15 is 0 Å². The molecular weight excluding hydrogens is 417 g/mol. The molecule has 1 unspecified atom stereocenters. The largest absolute Gasteiger partial charge is 0.309 e. The molecule has 2 aromatic heterocycles. The van der Waals surface area contributed by atoms with Gasteiger partial charge < -0.3 is 5.32 Å². The maximum atomic E-state index is 15.0. The number of nitrogens with zero attached hydrogens (tertiary/aromatic N) is 4. The summed E-state index contributed by atoms with van der Waals surface area (Å²) in [5.41, 5.74) is 2.99. The van der Waals surface area contributed by atoms with Crippen LogP contribution >= 0.6 is 0 Å². The monoisotopic (exact) mass is 443 g/mol. The molecule has 0 aliphatic carbocycles. The zero-order chi connectivity index (χ0) is 22.2. The number of hydrogen-bond acceptors (Lipinski definition) is 4. The van der Waals surface area contributed by atoms with Crippen LogP contribution in [0.5, 0.6) is 0 Å². The standard InChI is InChI=1S/C22H26FN5O2S/c1-16(29)24-22-14-21-19(5-4-8-28(21)25-22)17-6-7-18(20(23)13-17)15-26-9-11-27(12-10-26)31(2,3)30/h4-8,13-14H,2,9-12,15H2,1,3H3,(H,24,25,29). The van der Waals surface area contributed by atoms with Gasteiger partial charge in [0.1, 0.15) is 5.82 Å². The highest BCUT2D eigenvalue weighted by atomic mass is 32.2. The Bertz CT molecular complexity index is 1230. The van der Waals surface area contributed by atoms with Gasteiger partial charge in [-0.3, -0.25) is 13.9 Å². The number of fused-ring (bicyclic) bond motifs is 1. The third kappa shape index (κ3) is 4.79. The van der Waals surface area contributed by atoms with Crippen LogP contribution in [0, 0.1) is 5.82 Å². The zero-order valence-electron chi connectivity index (χ0n) is 17.7. The second kappa shape index (κ2) is 8.41. The summed E-state index contributed by atoms with van der Waals surface area (Å²) in [6.07, 6.45) is 3.44. The first-order valence-electron chi connectivity index (χ1n) is 10.1. The van der Waals surface area contributed by atoms with Crippen LogP contribution in [0.2, 0.25) is 0 Å². The van der Waals surface area contributed by atoms with Crippen molar-refractivity contribution >= 4 is 32.8 Å². The van der Waals surface area contributed by atoms with Crippen LogP contribution in [0.25, 0.3) is 16.6 Å². The summed E-state index contributed by atoms with van der Waals surface area (Å²) in [7, 11) is -2.19. The highest BCUT2D eigenvalue weighted by Gasteiger charge is 2.21. The molecule has 7 nitrogen and oxygen atoms in total. The lowest BCUT2D eigenvalue weighted by atomic mass is 10.0. The molecule has 4 rings (SSSR count). The van der Waals surface area contributed by atoms with Crippen molar-refractivity contribution in [3.8, 4) is 11.1 Å². The summed E-state index contributed by atoms with van der Waals surface area (Å²) in [6, 6.07) is 10.8. The number of anilines is 1. The van der Waals surface area contributed by atoms with Gasteiger partial charge in [-0.15, -0.1) is 0 Å². The molecule has 164 valence electrons. The van der Waals surface area contributed by atoms with Crippen molar-refractivity contribution in [2.24, 2.45) is 0 Å². The molecule has 31 heavy (non-hydrogen) atoms. The van der Waals surface area contributed by atoms with E-state index in [0.29, 0.717) is 31.0 Å². The number of hydrogen-bond donors (Lipinski definition) is 1. The molecule has 0 saturated carbocycles. The molecule has 1 N–H and O–H groups in total. The van der Waals surface area contributed by atoms with Gasteiger partial charge in [-0.25, -0.2) is 13.2 Å². The number of carbonyl (C=O) groups is 1. The van der Waals surface area contributed by atoms with Gasteiger partial charge in [0.25, 0.3) is 0 Å². The summed E-state index contributed by atoms with van der Waals surface area (Å²) in [5, 5.41) is 7.01. The van der Waals surface area contributed by atoms with Crippen molar-refractivity contribution in [1.82, 2.24) is 18.8 Å². The fourth-order valence-electron chi connectivity index (χ4n) is 3.86. The Balaban J connectivity index is 1.53. The summed E-state index contributed by atoms with van der Waals surface area (Å²) in [4.78, 5) is 13.5. The molecule has 0 spiro atoms. The minimum absolute atomic E-state index is 0.197. The van der Waals surface area contributed by atoms with Crippen LogP contribution in [0.3, 0.4) is 0 Å². The fraction of sp³-hybridized carbons (Fsp3) is 0.318. The van der Waals surface area contributed by atoms with Gasteiger partial charge in [-0.1, -0.05) is 18.2 Å². The average molecular weight is 444 g/mol. The third-order valence-electron chi connectivity index (χ3n) is 5.44. The highest BCUT2D eigenvalue weighted by Crippen LogP contribution is 2.28. The first-order valence-corrected chi connectivity index (χ1v) is 12.1. The predicted octanol–water partition coefficient (Wildman–Crippen LogP) is 2.48. The number of rotatable bonds is 5. The Morgan fingerprint density at radius 1 is 1.23 bits per heavy atom. The van der Waals surface area contributed by atoms with E-state index in [0.717, 1.165) is 29.7 Å². The molecule has 1 saturated heterocycles. The van der Waals surface area contributed by atoms with Crippen molar-refractivity contribution in [3.05, 3.63) is 54.0 Å². The number of pyridine rings is 1. The van der Waals surface area contributed by atoms with Crippen molar-refractivity contribution in [3.63, 3.8) is 0 Å². The molecule has 1 fully saturated rings. The molecule has 0 radical (unpaired) electrons. The second-order valence-corrected chi connectivity index (χ2v) is 10.4. The van der Waals surface area contributed by atoms with E-state index in [1.807, 2.05) is 28.6 Å². The van der Waals surface area contributed by atoms with E-state index in [9.17, 15) is 13.4 Å². The lowest BCUT2D eigenvalue weighted by Gasteiger charge is -2.35. The van der Waals surface area contributed by atoms with Crippen LogP contribution in [0.1, 0.15) is 12.5 Å². The van der Waals surface area contributed by atoms with E-state index < -0.39 is 9.71 Å². The topological polar surface area (TPSA) is 70.0 Å². The molecule has 1 aliphatic rings. The molecular formula is C22H26FN5O2S. The summed E-state index contributed by atoms with van der Waals surface area (Å²) < 4.78 is 30.6. The predicted molar refractivity (Wildman–Crippen MR) is 123 cm³/mol. The fourth-order valence-corrected chi connectivity index (χ4v) is 4.79. The molecule has 3 heterocycles. The van der Waals surface area contributed by atoms with E-state index in [1.54, 1.807) is 29.1 Å². The van der Waals surface area contributed by atoms with Crippen LogP contribution in [-0.4, -0.2) is 67.2 Å². The molecule has 0 bridgehead atoms. The molecule has 9 heteroatoms. The lowest BCUT2D eigenvalue weighted by molar-refractivity contribution is -0.114. The summed E-state index contributed by atoms with van der Waals surface area (Å²) in [6.45, 7) is 4.71. The van der Waals surface area contributed by atoms with Gasteiger partial charge in [-0.05, 0) is 23.6 Å². The number of aromatic nitrogens is 2. The van der Waals surface area contributed by atoms with E-state index in [2.05, 4.69) is 21.2 Å². The Morgan fingerprint density at radius 3 is 2.61 bits per heavy atom. The number of piperazine rings is 1. The van der Waals surface area contributed by atoms with Crippen molar-refractivity contribution in [1.29, 1.82) is 0 Å². The molecule has 1 aromatic carbocycles. The van der Waals surface area contributed by atoms with Crippen LogP contribution in [-0.2, 0) is 21.0 Å². The Morgan fingerprint density at radius 2 is 1.97 bits per heavy atom. The molecule has 1 amide bonds. The quantitative estimate of drug-likeness (QED) is 0.615. The number of amides is 1. The smallest absolute Gasteiger partial charge is 0.222 e. The number of carbonyl (C=O) groups excluding carboxylic acids is 1. The van der Waals surface area contributed by atoms with Gasteiger partial charge in [0, 0.05) is 79.0 Å². The van der Waals surface area contributed by atoms with Gasteiger partial charge in [-0.2, -0.15) is 5.10 Å². The number of nitrogens with one attached hydrogen (secondary N) is 1. The van der Waals surface area contributed by atoms with E-state index in [1.165, 1.54) is 6.92 Å². The van der Waals surface area contributed by atoms with Crippen molar-refractivity contribution < 1.29 is 13.4 Å². The van der Waals surface area contributed by atoms with E-state index in [4.69, 9.17) is 0 Å². The highest BCUT2D eigenvalue weighted by molar-refractivity contribution is 7.97. The van der Waals surface area contributed by atoms with Crippen molar-refractivity contribution in [2.75, 3.05) is 37.8 Å². The maximum Gasteiger partial charge on any atom is 0.222 e. The normalized spacial score (nSPS) is 17.5. The third-order valence-corrected chi connectivity index (χ3v) is 6.90. The maximum absolute atomic E-state index is 15.0. The minimum atomic E-state index is -2.19. The Labute approximate surface area is 181 Å². The first-order chi connectivity index (χ1) is 14.7. The second-order valence-electron chi connectivity index (χ2n) is 7.93. The average Bonchev–Trinajstić information content (AvgIpc) is 3.11. The Kier molecular flexibility index (Phi) is 5.83. The van der Waals surface area contributed by atoms with Gasteiger partial charge in [0.2, 0.25) is 5.91 Å². The molecule has 1 aliphatic heterocycles. The SMILES string of the molecule is C=S(C)(=O)N1CCN(Cc2ccc(-c3cccn4nc(NC(C)=O)cc34)cc2F)CC1. The molecule has 1 atom stereocenters. The van der Waals surface area contributed by atoms with Gasteiger partial charge >= 0.3 is 0 Å². The zero-order valence-corrected chi connectivity index (χ0v) is 18.5. The number of halogens is 1. The van der Waals surface area contributed by atoms with Gasteiger partial charge in [0.15, 0.2) is 5.82 Å². The van der Waals surface area contributed by atoms with Crippen LogP contribution in [0.15, 0.2) is 42.6 Å². The number of benzene rings is 1. The lowest BCUT2D eigenvalue weighted by Crippen LogP contribution is -2.47.